The molecule has 0 aliphatic carbocycles. The number of nitro benzene ring substituents is 1. The second kappa shape index (κ2) is 8.65. The molecule has 0 spiro atoms. The summed E-state index contributed by atoms with van der Waals surface area (Å²) in [5.74, 6) is -0.0884. The van der Waals surface area contributed by atoms with Crippen molar-refractivity contribution in [2.75, 3.05) is 31.1 Å². The Labute approximate surface area is 163 Å². The molecule has 0 N–H and O–H groups in total. The molecule has 3 rings (SSSR count). The highest BCUT2D eigenvalue weighted by atomic mass is 16.6. The van der Waals surface area contributed by atoms with Crippen LogP contribution in [0.15, 0.2) is 48.5 Å². The average molecular weight is 381 g/mol. The third-order valence-electron chi connectivity index (χ3n) is 4.99. The van der Waals surface area contributed by atoms with Gasteiger partial charge in [0.05, 0.1) is 4.92 Å². The van der Waals surface area contributed by atoms with Crippen LogP contribution in [0.5, 0.6) is 0 Å². The Morgan fingerprint density at radius 2 is 1.61 bits per heavy atom. The third kappa shape index (κ3) is 4.54. The highest BCUT2D eigenvalue weighted by Gasteiger charge is 2.25. The van der Waals surface area contributed by atoms with Gasteiger partial charge in [-0.15, -0.1) is 0 Å². The van der Waals surface area contributed by atoms with Crippen LogP contribution in [0.4, 0.5) is 11.4 Å². The Bertz CT molecular complexity index is 871. The van der Waals surface area contributed by atoms with Gasteiger partial charge in [-0.2, -0.15) is 0 Å². The van der Waals surface area contributed by atoms with E-state index in [1.807, 2.05) is 24.0 Å². The van der Waals surface area contributed by atoms with Gasteiger partial charge in [-0.1, -0.05) is 42.0 Å². The van der Waals surface area contributed by atoms with Crippen LogP contribution in [0.1, 0.15) is 28.8 Å². The van der Waals surface area contributed by atoms with Gasteiger partial charge >= 0.3 is 0 Å². The molecule has 7 nitrogen and oxygen atoms in total. The van der Waals surface area contributed by atoms with Crippen LogP contribution in [0.3, 0.4) is 0 Å². The average Bonchev–Trinajstić information content (AvgIpc) is 2.72. The van der Waals surface area contributed by atoms with Crippen molar-refractivity contribution in [1.29, 1.82) is 0 Å². The van der Waals surface area contributed by atoms with Crippen molar-refractivity contribution in [3.05, 3.63) is 69.8 Å². The molecule has 7 heteroatoms. The van der Waals surface area contributed by atoms with Crippen LogP contribution < -0.4 is 4.90 Å². The van der Waals surface area contributed by atoms with Crippen molar-refractivity contribution in [2.24, 2.45) is 0 Å². The lowest BCUT2D eigenvalue weighted by Gasteiger charge is -2.35. The van der Waals surface area contributed by atoms with E-state index in [2.05, 4.69) is 0 Å². The maximum absolute atomic E-state index is 12.5. The zero-order valence-electron chi connectivity index (χ0n) is 15.8. The molecule has 1 amide bonds. The molecule has 1 aliphatic heterocycles. The van der Waals surface area contributed by atoms with Crippen molar-refractivity contribution in [3.63, 3.8) is 0 Å². The number of carbonyl (C=O) groups excluding carboxylic acids is 2. The van der Waals surface area contributed by atoms with E-state index in [-0.39, 0.29) is 35.1 Å². The minimum Gasteiger partial charge on any atom is -0.362 e. The highest BCUT2D eigenvalue weighted by Crippen LogP contribution is 2.28. The van der Waals surface area contributed by atoms with Crippen LogP contribution in [0.2, 0.25) is 0 Å². The molecule has 1 saturated heterocycles. The number of hydrogen-bond acceptors (Lipinski definition) is 5. The highest BCUT2D eigenvalue weighted by molar-refractivity contribution is 5.98. The van der Waals surface area contributed by atoms with Gasteiger partial charge in [0, 0.05) is 50.7 Å². The number of nitrogens with zero attached hydrogens (tertiary/aromatic N) is 3. The number of carbonyl (C=O) groups is 2. The lowest BCUT2D eigenvalue weighted by molar-refractivity contribution is -0.384. The van der Waals surface area contributed by atoms with Crippen LogP contribution in [0.25, 0.3) is 0 Å². The summed E-state index contributed by atoms with van der Waals surface area (Å²) in [5.41, 5.74) is 2.36. The van der Waals surface area contributed by atoms with E-state index in [0.717, 1.165) is 5.56 Å². The predicted molar refractivity (Wildman–Crippen MR) is 107 cm³/mol. The van der Waals surface area contributed by atoms with Crippen molar-refractivity contribution in [3.8, 4) is 0 Å². The fourth-order valence-corrected chi connectivity index (χ4v) is 3.35. The fraction of sp³-hybridized carbons (Fsp3) is 0.333. The Kier molecular flexibility index (Phi) is 6.03. The van der Waals surface area contributed by atoms with Crippen molar-refractivity contribution >= 4 is 23.1 Å². The van der Waals surface area contributed by atoms with E-state index >= 15 is 0 Å². The van der Waals surface area contributed by atoms with Crippen LogP contribution in [-0.4, -0.2) is 47.7 Å². The summed E-state index contributed by atoms with van der Waals surface area (Å²) in [4.78, 5) is 39.2. The molecule has 0 aromatic heterocycles. The van der Waals surface area contributed by atoms with Crippen LogP contribution in [0, 0.1) is 17.0 Å². The van der Waals surface area contributed by atoms with Crippen molar-refractivity contribution in [1.82, 2.24) is 4.90 Å². The lowest BCUT2D eigenvalue weighted by Crippen LogP contribution is -2.49. The van der Waals surface area contributed by atoms with Gasteiger partial charge < -0.3 is 9.80 Å². The predicted octanol–water partition coefficient (Wildman–Crippen LogP) is 3.21. The second-order valence-electron chi connectivity index (χ2n) is 6.90. The van der Waals surface area contributed by atoms with E-state index in [1.54, 1.807) is 35.2 Å². The van der Waals surface area contributed by atoms with Crippen molar-refractivity contribution in [2.45, 2.75) is 19.8 Å². The van der Waals surface area contributed by atoms with Gasteiger partial charge in [0.15, 0.2) is 5.78 Å². The molecule has 1 heterocycles. The minimum atomic E-state index is -0.385. The summed E-state index contributed by atoms with van der Waals surface area (Å²) >= 11 is 0. The topological polar surface area (TPSA) is 83.8 Å². The third-order valence-corrected chi connectivity index (χ3v) is 4.99. The van der Waals surface area contributed by atoms with E-state index in [1.165, 1.54) is 6.07 Å². The largest absolute Gasteiger partial charge is 0.362 e. The molecule has 1 aliphatic rings. The molecule has 0 radical (unpaired) electrons. The Morgan fingerprint density at radius 3 is 2.25 bits per heavy atom. The first-order valence-electron chi connectivity index (χ1n) is 9.31. The quantitative estimate of drug-likeness (QED) is 0.436. The van der Waals surface area contributed by atoms with Crippen LogP contribution in [-0.2, 0) is 4.79 Å². The number of benzene rings is 2. The van der Waals surface area contributed by atoms with E-state index < -0.39 is 0 Å². The van der Waals surface area contributed by atoms with Gasteiger partial charge in [-0.05, 0) is 13.0 Å². The number of Topliss-reactive ketones (excluding diaryl/α,β-unsaturated/α-hetero) is 1. The number of nitro groups is 1. The summed E-state index contributed by atoms with van der Waals surface area (Å²) < 4.78 is 0. The minimum absolute atomic E-state index is 0.0353. The molecule has 0 saturated carbocycles. The van der Waals surface area contributed by atoms with Gasteiger partial charge in [-0.3, -0.25) is 19.7 Å². The van der Waals surface area contributed by atoms with Crippen molar-refractivity contribution < 1.29 is 14.5 Å². The molecule has 0 bridgehead atoms. The van der Waals surface area contributed by atoms with Gasteiger partial charge in [0.25, 0.3) is 5.69 Å². The molecule has 2 aromatic rings. The zero-order valence-corrected chi connectivity index (χ0v) is 15.8. The summed E-state index contributed by atoms with van der Waals surface area (Å²) in [6, 6.07) is 14.0. The first-order valence-corrected chi connectivity index (χ1v) is 9.31. The molecule has 2 aromatic carbocycles. The van der Waals surface area contributed by atoms with E-state index in [9.17, 15) is 19.7 Å². The fourth-order valence-electron chi connectivity index (χ4n) is 3.35. The zero-order chi connectivity index (χ0) is 20.1. The second-order valence-corrected chi connectivity index (χ2v) is 6.90. The number of piperazine rings is 1. The molecular formula is C21H23N3O4. The number of aryl methyl sites for hydroxylation is 1. The smallest absolute Gasteiger partial charge is 0.292 e. The Morgan fingerprint density at radius 1 is 0.964 bits per heavy atom. The maximum atomic E-state index is 12.5. The summed E-state index contributed by atoms with van der Waals surface area (Å²) in [7, 11) is 0. The molecule has 0 atom stereocenters. The van der Waals surface area contributed by atoms with Gasteiger partial charge in [-0.25, -0.2) is 0 Å². The standard InChI is InChI=1S/C21H23N3O4/c1-16-6-8-17(9-7-16)20(25)10-11-21(26)23-14-12-22(13-15-23)18-4-2-3-5-19(18)24(27)28/h2-9H,10-15H2,1H3. The van der Waals surface area contributed by atoms with E-state index in [4.69, 9.17) is 0 Å². The number of hydrogen-bond donors (Lipinski definition) is 0. The number of ketones is 1. The molecule has 1 fully saturated rings. The molecule has 28 heavy (non-hydrogen) atoms. The number of amides is 1. The van der Waals surface area contributed by atoms with E-state index in [0.29, 0.717) is 37.4 Å². The lowest BCUT2D eigenvalue weighted by atomic mass is 10.0. The molecule has 146 valence electrons. The summed E-state index contributed by atoms with van der Waals surface area (Å²) in [6.07, 6.45) is 0.366. The molecular weight excluding hydrogens is 358 g/mol. The van der Waals surface area contributed by atoms with Crippen LogP contribution >= 0.6 is 0 Å². The summed E-state index contributed by atoms with van der Waals surface area (Å²) in [6.45, 7) is 4.00. The maximum Gasteiger partial charge on any atom is 0.292 e. The number of anilines is 1. The van der Waals surface area contributed by atoms with Gasteiger partial charge in [0.1, 0.15) is 5.69 Å². The normalized spacial score (nSPS) is 14.0. The SMILES string of the molecule is Cc1ccc(C(=O)CCC(=O)N2CCN(c3ccccc3[N+](=O)[O-])CC2)cc1. The Balaban J connectivity index is 1.52. The first-order chi connectivity index (χ1) is 13.5. The van der Waals surface area contributed by atoms with Gasteiger partial charge in [0.2, 0.25) is 5.91 Å². The number of rotatable bonds is 6. The molecule has 0 unspecified atom stereocenters. The number of para-hydroxylation sites is 2. The Hall–Kier alpha value is -3.22. The summed E-state index contributed by atoms with van der Waals surface area (Å²) in [5, 5.41) is 11.2. The monoisotopic (exact) mass is 381 g/mol. The first kappa shape index (κ1) is 19.5.